The summed E-state index contributed by atoms with van der Waals surface area (Å²) >= 11 is 0. The molecule has 0 spiro atoms. The van der Waals surface area contributed by atoms with Gasteiger partial charge >= 0.3 is 6.01 Å². The number of hydrogen-bond donors (Lipinski definition) is 0. The molecule has 3 aromatic heterocycles. The summed E-state index contributed by atoms with van der Waals surface area (Å²) in [5.74, 6) is -0.471. The van der Waals surface area contributed by atoms with Gasteiger partial charge in [-0.05, 0) is 23.0 Å². The number of halogens is 1. The Labute approximate surface area is 156 Å². The Morgan fingerprint density at radius 2 is 1.93 bits per heavy atom. The third-order valence-corrected chi connectivity index (χ3v) is 3.46. The number of aromatic nitrogens is 5. The molecular formula is C18H17BFN5O2. The molecule has 27 heavy (non-hydrogen) atoms. The van der Waals surface area contributed by atoms with Crippen LogP contribution in [0.5, 0.6) is 6.01 Å². The van der Waals surface area contributed by atoms with E-state index in [1.807, 2.05) is 13.8 Å². The monoisotopic (exact) mass is 365 g/mol. The Morgan fingerprint density at radius 3 is 2.59 bits per heavy atom. The van der Waals surface area contributed by atoms with Crippen molar-refractivity contribution >= 4 is 7.85 Å². The molecule has 0 fully saturated rings. The topological polar surface area (TPSA) is 82.8 Å². The van der Waals surface area contributed by atoms with Gasteiger partial charge in [0.2, 0.25) is 0 Å². The lowest BCUT2D eigenvalue weighted by molar-refractivity contribution is 0.259. The minimum absolute atomic E-state index is 0.102. The van der Waals surface area contributed by atoms with Crippen LogP contribution in [0.3, 0.4) is 0 Å². The van der Waals surface area contributed by atoms with Gasteiger partial charge in [-0.25, -0.2) is 19.0 Å². The molecule has 3 heterocycles. The van der Waals surface area contributed by atoms with Gasteiger partial charge < -0.3 is 4.74 Å². The highest BCUT2D eigenvalue weighted by atomic mass is 19.1. The van der Waals surface area contributed by atoms with Crippen LogP contribution in [-0.4, -0.2) is 39.2 Å². The average Bonchev–Trinajstić information content (AvgIpc) is 2.62. The van der Waals surface area contributed by atoms with Crippen molar-refractivity contribution in [1.82, 2.24) is 24.7 Å². The number of ether oxygens (including phenoxy) is 1. The van der Waals surface area contributed by atoms with E-state index in [1.54, 1.807) is 18.5 Å². The van der Waals surface area contributed by atoms with Gasteiger partial charge in [-0.3, -0.25) is 9.78 Å². The highest BCUT2D eigenvalue weighted by Gasteiger charge is 2.12. The molecule has 0 amide bonds. The second-order valence-corrected chi connectivity index (χ2v) is 6.76. The Kier molecular flexibility index (Phi) is 5.29. The second kappa shape index (κ2) is 7.65. The number of rotatable bonds is 6. The molecule has 3 aromatic rings. The molecule has 0 aliphatic carbocycles. The molecule has 0 saturated carbocycles. The van der Waals surface area contributed by atoms with Crippen LogP contribution in [0.2, 0.25) is 5.31 Å². The van der Waals surface area contributed by atoms with Crippen LogP contribution in [0.25, 0.3) is 11.3 Å². The maximum atomic E-state index is 13.3. The second-order valence-electron chi connectivity index (χ2n) is 6.76. The molecule has 0 bridgehead atoms. The Bertz CT molecular complexity index is 986. The van der Waals surface area contributed by atoms with Gasteiger partial charge in [0.25, 0.3) is 5.56 Å². The Hall–Kier alpha value is -3.10. The molecule has 0 aliphatic heterocycles. The smallest absolute Gasteiger partial charge is 0.316 e. The molecule has 0 aliphatic rings. The number of nitrogens with zero attached hydrogens (tertiary/aromatic N) is 5. The van der Waals surface area contributed by atoms with E-state index in [2.05, 4.69) is 20.1 Å². The number of hydrogen-bond acceptors (Lipinski definition) is 6. The lowest BCUT2D eigenvalue weighted by Gasteiger charge is -2.17. The molecule has 0 aromatic carbocycles. The van der Waals surface area contributed by atoms with Gasteiger partial charge in [0.1, 0.15) is 5.82 Å². The summed E-state index contributed by atoms with van der Waals surface area (Å²) in [7, 11) is 5.86. The van der Waals surface area contributed by atoms with Crippen LogP contribution in [0.4, 0.5) is 4.39 Å². The molecule has 7 nitrogen and oxygen atoms in total. The Balaban J connectivity index is 1.80. The predicted octanol–water partition coefficient (Wildman–Crippen LogP) is 2.03. The van der Waals surface area contributed by atoms with E-state index in [1.165, 1.54) is 23.0 Å². The van der Waals surface area contributed by atoms with Gasteiger partial charge in [0, 0.05) is 30.2 Å². The summed E-state index contributed by atoms with van der Waals surface area (Å²) in [6, 6.07) is 4.47. The SMILES string of the molecule is [B]C(C)(C)COc1ncc(-c2ccc(=O)n(Cc3cncc(F)c3)n2)cn1. The zero-order chi connectivity index (χ0) is 19.4. The first-order valence-corrected chi connectivity index (χ1v) is 8.22. The normalized spacial score (nSPS) is 11.4. The minimum Gasteiger partial charge on any atom is -0.464 e. The summed E-state index contributed by atoms with van der Waals surface area (Å²) in [5, 5.41) is 3.80. The van der Waals surface area contributed by atoms with E-state index in [0.717, 1.165) is 6.20 Å². The average molecular weight is 365 g/mol. The fraction of sp³-hybridized carbons (Fsp3) is 0.278. The summed E-state index contributed by atoms with van der Waals surface area (Å²) < 4.78 is 19.9. The maximum absolute atomic E-state index is 13.3. The lowest BCUT2D eigenvalue weighted by atomic mass is 9.73. The van der Waals surface area contributed by atoms with Crippen molar-refractivity contribution in [1.29, 1.82) is 0 Å². The van der Waals surface area contributed by atoms with Crippen LogP contribution < -0.4 is 10.3 Å². The van der Waals surface area contributed by atoms with E-state index in [4.69, 9.17) is 12.6 Å². The molecule has 2 radical (unpaired) electrons. The van der Waals surface area contributed by atoms with Crippen molar-refractivity contribution in [2.24, 2.45) is 0 Å². The van der Waals surface area contributed by atoms with Gasteiger partial charge in [0.15, 0.2) is 0 Å². The van der Waals surface area contributed by atoms with Crippen molar-refractivity contribution in [3.63, 3.8) is 0 Å². The zero-order valence-electron chi connectivity index (χ0n) is 15.0. The summed E-state index contributed by atoms with van der Waals surface area (Å²) in [4.78, 5) is 24.1. The predicted molar refractivity (Wildman–Crippen MR) is 98.1 cm³/mol. The van der Waals surface area contributed by atoms with Crippen LogP contribution in [0.1, 0.15) is 19.4 Å². The largest absolute Gasteiger partial charge is 0.464 e. The molecule has 9 heteroatoms. The molecule has 136 valence electrons. The fourth-order valence-corrected chi connectivity index (χ4v) is 2.20. The van der Waals surface area contributed by atoms with Crippen LogP contribution in [-0.2, 0) is 6.54 Å². The first-order chi connectivity index (χ1) is 12.8. The summed E-state index contributed by atoms with van der Waals surface area (Å²) in [6.45, 7) is 4.05. The maximum Gasteiger partial charge on any atom is 0.316 e. The van der Waals surface area contributed by atoms with Crippen molar-refractivity contribution in [3.05, 3.63) is 64.7 Å². The van der Waals surface area contributed by atoms with E-state index >= 15 is 0 Å². The van der Waals surface area contributed by atoms with Crippen molar-refractivity contribution in [2.45, 2.75) is 25.7 Å². The number of pyridine rings is 1. The van der Waals surface area contributed by atoms with E-state index in [-0.39, 0.29) is 24.7 Å². The summed E-state index contributed by atoms with van der Waals surface area (Å²) in [5.41, 5.74) is 1.34. The van der Waals surface area contributed by atoms with E-state index in [0.29, 0.717) is 16.8 Å². The standard InChI is InChI=1S/C18H17BFN5O2/c1-18(2,19)11-27-17-22-7-13(8-23-17)15-3-4-16(26)25(24-15)10-12-5-14(20)9-21-6-12/h3-9H,10-11H2,1-2H3. The highest BCUT2D eigenvalue weighted by Crippen LogP contribution is 2.20. The Morgan fingerprint density at radius 1 is 1.19 bits per heavy atom. The zero-order valence-corrected chi connectivity index (χ0v) is 15.0. The van der Waals surface area contributed by atoms with Gasteiger partial charge in [-0.1, -0.05) is 13.8 Å². The molecule has 0 unspecified atom stereocenters. The van der Waals surface area contributed by atoms with Gasteiger partial charge in [0.05, 0.1) is 32.9 Å². The molecule has 0 atom stereocenters. The quantitative estimate of drug-likeness (QED) is 0.622. The molecular weight excluding hydrogens is 348 g/mol. The molecule has 0 N–H and O–H groups in total. The first-order valence-electron chi connectivity index (χ1n) is 8.22. The summed E-state index contributed by atoms with van der Waals surface area (Å²) in [6.07, 6.45) is 5.68. The third kappa shape index (κ3) is 5.19. The highest BCUT2D eigenvalue weighted by molar-refractivity contribution is 6.14. The van der Waals surface area contributed by atoms with Crippen LogP contribution in [0, 0.1) is 5.82 Å². The van der Waals surface area contributed by atoms with Gasteiger partial charge in [-0.15, -0.1) is 0 Å². The molecule has 0 saturated heterocycles. The third-order valence-electron chi connectivity index (χ3n) is 3.46. The van der Waals surface area contributed by atoms with E-state index in [9.17, 15) is 9.18 Å². The van der Waals surface area contributed by atoms with Crippen molar-refractivity contribution in [2.75, 3.05) is 6.61 Å². The van der Waals surface area contributed by atoms with Gasteiger partial charge in [-0.2, -0.15) is 5.10 Å². The molecule has 3 rings (SSSR count). The van der Waals surface area contributed by atoms with E-state index < -0.39 is 11.1 Å². The van der Waals surface area contributed by atoms with Crippen molar-refractivity contribution < 1.29 is 9.13 Å². The fourth-order valence-electron chi connectivity index (χ4n) is 2.20. The lowest BCUT2D eigenvalue weighted by Crippen LogP contribution is -2.23. The van der Waals surface area contributed by atoms with Crippen molar-refractivity contribution in [3.8, 4) is 17.3 Å². The minimum atomic E-state index is -0.495. The first kappa shape index (κ1) is 18.7. The van der Waals surface area contributed by atoms with Crippen LogP contribution >= 0.6 is 0 Å². The van der Waals surface area contributed by atoms with Crippen LogP contribution in [0.15, 0.2) is 47.8 Å².